The summed E-state index contributed by atoms with van der Waals surface area (Å²) < 4.78 is 74.2. The van der Waals surface area contributed by atoms with Gasteiger partial charge in [0.2, 0.25) is 5.82 Å². The van der Waals surface area contributed by atoms with Crippen LogP contribution in [0.2, 0.25) is 5.02 Å². The molecule has 3 aromatic heterocycles. The predicted octanol–water partition coefficient (Wildman–Crippen LogP) is 5.19. The van der Waals surface area contributed by atoms with Gasteiger partial charge in [-0.2, -0.15) is 18.2 Å². The number of aliphatic carboxylic acids is 1. The molecule has 0 bridgehead atoms. The number of carboxylic acid groups (broad SMARTS) is 1. The highest BCUT2D eigenvalue weighted by molar-refractivity contribution is 6.33. The molecule has 3 heterocycles. The van der Waals surface area contributed by atoms with Crippen molar-refractivity contribution in [3.05, 3.63) is 58.4 Å². The molecule has 1 fully saturated rings. The van der Waals surface area contributed by atoms with E-state index >= 15 is 0 Å². The fourth-order valence-electron chi connectivity index (χ4n) is 3.58. The van der Waals surface area contributed by atoms with Gasteiger partial charge in [0.15, 0.2) is 5.65 Å². The number of imidazole rings is 1. The molecule has 0 aliphatic heterocycles. The fourth-order valence-corrected chi connectivity index (χ4v) is 3.84. The van der Waals surface area contributed by atoms with E-state index in [2.05, 4.69) is 15.1 Å². The number of nitrogens with zero attached hydrogens (tertiary/aromatic N) is 4. The molecule has 1 aromatic carbocycles. The quantitative estimate of drug-likeness (QED) is 0.401. The minimum absolute atomic E-state index is 0.00147. The molecule has 1 N–H and O–H groups in total. The van der Waals surface area contributed by atoms with E-state index in [4.69, 9.17) is 21.2 Å². The number of benzene rings is 1. The maximum Gasteiger partial charge on any atom is 0.417 e. The van der Waals surface area contributed by atoms with E-state index in [0.717, 1.165) is 28.8 Å². The van der Waals surface area contributed by atoms with Gasteiger partial charge in [0, 0.05) is 18.3 Å². The number of aromatic nitrogens is 4. The highest BCUT2D eigenvalue weighted by Gasteiger charge is 2.46. The smallest absolute Gasteiger partial charge is 0.417 e. The minimum atomic E-state index is -4.63. The van der Waals surface area contributed by atoms with E-state index in [0.29, 0.717) is 0 Å². The lowest BCUT2D eigenvalue weighted by Crippen LogP contribution is -2.06. The molecule has 7 nitrogen and oxygen atoms in total. The Hall–Kier alpha value is -3.54. The van der Waals surface area contributed by atoms with Crippen LogP contribution in [0, 0.1) is 17.6 Å². The summed E-state index contributed by atoms with van der Waals surface area (Å²) in [6, 6.07) is 2.46. The topological polar surface area (TPSA) is 93.5 Å². The van der Waals surface area contributed by atoms with Crippen molar-refractivity contribution in [2.24, 2.45) is 5.92 Å². The molecule has 0 radical (unpaired) electrons. The SMILES string of the molecule is O=C(O)C1CC1c1cc(F)c(-c2noc(-c3cn4cc(C(F)(F)F)cc(Cl)c4n3)n2)cc1F. The van der Waals surface area contributed by atoms with Gasteiger partial charge in [0.25, 0.3) is 5.89 Å². The first-order chi connectivity index (χ1) is 15.5. The third kappa shape index (κ3) is 3.69. The van der Waals surface area contributed by atoms with Crippen LogP contribution in [0.5, 0.6) is 0 Å². The Bertz CT molecular complexity index is 1430. The molecule has 0 amide bonds. The van der Waals surface area contributed by atoms with Crippen LogP contribution in [0.4, 0.5) is 22.0 Å². The van der Waals surface area contributed by atoms with Crippen LogP contribution < -0.4 is 0 Å². The second-order valence-electron chi connectivity index (χ2n) is 7.50. The third-order valence-corrected chi connectivity index (χ3v) is 5.59. The summed E-state index contributed by atoms with van der Waals surface area (Å²) in [5.41, 5.74) is -1.41. The van der Waals surface area contributed by atoms with Crippen molar-refractivity contribution in [3.63, 3.8) is 0 Å². The van der Waals surface area contributed by atoms with Gasteiger partial charge in [-0.05, 0) is 30.2 Å². The van der Waals surface area contributed by atoms with Crippen molar-refractivity contribution in [2.45, 2.75) is 18.5 Å². The summed E-state index contributed by atoms with van der Waals surface area (Å²) in [5, 5.41) is 12.3. The highest BCUT2D eigenvalue weighted by atomic mass is 35.5. The molecular formula is C20H10ClF5N4O3. The number of halogens is 6. The highest BCUT2D eigenvalue weighted by Crippen LogP contribution is 2.49. The first-order valence-electron chi connectivity index (χ1n) is 9.34. The molecule has 13 heteroatoms. The first kappa shape index (κ1) is 21.3. The van der Waals surface area contributed by atoms with Crippen molar-refractivity contribution in [1.82, 2.24) is 19.5 Å². The Kier molecular flexibility index (Phi) is 4.67. The zero-order valence-electron chi connectivity index (χ0n) is 16.1. The van der Waals surface area contributed by atoms with Crippen molar-refractivity contribution in [2.75, 3.05) is 0 Å². The molecule has 4 aromatic rings. The summed E-state index contributed by atoms with van der Waals surface area (Å²) in [6.45, 7) is 0. The van der Waals surface area contributed by atoms with Crippen molar-refractivity contribution < 1.29 is 36.4 Å². The number of carboxylic acids is 1. The van der Waals surface area contributed by atoms with Crippen molar-refractivity contribution in [1.29, 1.82) is 0 Å². The van der Waals surface area contributed by atoms with Crippen LogP contribution >= 0.6 is 11.6 Å². The van der Waals surface area contributed by atoms with Crippen LogP contribution in [0.25, 0.3) is 28.6 Å². The van der Waals surface area contributed by atoms with Gasteiger partial charge in [0.05, 0.1) is 22.1 Å². The number of alkyl halides is 3. The minimum Gasteiger partial charge on any atom is -0.481 e. The molecule has 2 unspecified atom stereocenters. The number of hydrogen-bond donors (Lipinski definition) is 1. The van der Waals surface area contributed by atoms with Gasteiger partial charge < -0.3 is 14.0 Å². The second-order valence-corrected chi connectivity index (χ2v) is 7.90. The molecule has 0 spiro atoms. The number of carbonyl (C=O) groups is 1. The Labute approximate surface area is 185 Å². The van der Waals surface area contributed by atoms with E-state index in [9.17, 15) is 26.7 Å². The molecule has 5 rings (SSSR count). The third-order valence-electron chi connectivity index (χ3n) is 5.31. The maximum atomic E-state index is 14.6. The number of pyridine rings is 1. The first-order valence-corrected chi connectivity index (χ1v) is 9.72. The average Bonchev–Trinajstić information content (AvgIpc) is 3.16. The van der Waals surface area contributed by atoms with Crippen LogP contribution in [-0.2, 0) is 11.0 Å². The summed E-state index contributed by atoms with van der Waals surface area (Å²) in [5.74, 6) is -4.74. The lowest BCUT2D eigenvalue weighted by atomic mass is 10.0. The Morgan fingerprint density at radius 2 is 1.91 bits per heavy atom. The summed E-state index contributed by atoms with van der Waals surface area (Å²) in [7, 11) is 0. The number of hydrogen-bond acceptors (Lipinski definition) is 5. The van der Waals surface area contributed by atoms with E-state index in [1.165, 1.54) is 6.20 Å². The van der Waals surface area contributed by atoms with E-state index < -0.39 is 41.2 Å². The Morgan fingerprint density at radius 1 is 1.15 bits per heavy atom. The molecule has 1 saturated carbocycles. The Balaban J connectivity index is 1.49. The van der Waals surface area contributed by atoms with Gasteiger partial charge in [-0.1, -0.05) is 16.8 Å². The second kappa shape index (κ2) is 7.24. The summed E-state index contributed by atoms with van der Waals surface area (Å²) >= 11 is 5.91. The molecule has 0 saturated heterocycles. The largest absolute Gasteiger partial charge is 0.481 e. The van der Waals surface area contributed by atoms with Crippen LogP contribution in [0.1, 0.15) is 23.5 Å². The maximum absolute atomic E-state index is 14.6. The normalized spacial score (nSPS) is 18.1. The number of fused-ring (bicyclic) bond motifs is 1. The van der Waals surface area contributed by atoms with E-state index in [1.807, 2.05) is 0 Å². The summed E-state index contributed by atoms with van der Waals surface area (Å²) in [4.78, 5) is 19.0. The molecule has 1 aliphatic carbocycles. The number of rotatable bonds is 4. The van der Waals surface area contributed by atoms with E-state index in [1.54, 1.807) is 0 Å². The molecule has 1 aliphatic rings. The van der Waals surface area contributed by atoms with Gasteiger partial charge in [-0.3, -0.25) is 4.79 Å². The molecule has 33 heavy (non-hydrogen) atoms. The molecular weight excluding hydrogens is 475 g/mol. The van der Waals surface area contributed by atoms with Gasteiger partial charge in [-0.15, -0.1) is 0 Å². The zero-order chi connectivity index (χ0) is 23.7. The van der Waals surface area contributed by atoms with Crippen LogP contribution in [0.15, 0.2) is 35.1 Å². The lowest BCUT2D eigenvalue weighted by molar-refractivity contribution is -0.139. The summed E-state index contributed by atoms with van der Waals surface area (Å²) in [6.07, 6.45) is -2.46. The zero-order valence-corrected chi connectivity index (χ0v) is 16.8. The van der Waals surface area contributed by atoms with Crippen molar-refractivity contribution in [3.8, 4) is 23.0 Å². The van der Waals surface area contributed by atoms with Crippen molar-refractivity contribution >= 4 is 23.2 Å². The van der Waals surface area contributed by atoms with Crippen LogP contribution in [0.3, 0.4) is 0 Å². The lowest BCUT2D eigenvalue weighted by Gasteiger charge is -2.07. The van der Waals surface area contributed by atoms with Crippen LogP contribution in [-0.4, -0.2) is 30.6 Å². The average molecular weight is 485 g/mol. The fraction of sp³-hybridized carbons (Fsp3) is 0.200. The van der Waals surface area contributed by atoms with Gasteiger partial charge in [-0.25, -0.2) is 13.8 Å². The van der Waals surface area contributed by atoms with Gasteiger partial charge in [0.1, 0.15) is 17.3 Å². The Morgan fingerprint density at radius 3 is 2.58 bits per heavy atom. The molecule has 170 valence electrons. The van der Waals surface area contributed by atoms with Gasteiger partial charge >= 0.3 is 12.1 Å². The standard InChI is InChI=1S/C20H10ClF5N4O3/c21-12-1-7(20(24,25)26)5-30-6-15(27-17(12)30)18-28-16(29-33-18)11-4-13(22)9(3-14(11)23)8-2-10(8)19(31)32/h1,3-6,8,10H,2H2,(H,31,32). The predicted molar refractivity (Wildman–Crippen MR) is 102 cm³/mol. The molecule has 2 atom stereocenters. The monoisotopic (exact) mass is 484 g/mol. The van der Waals surface area contributed by atoms with E-state index in [-0.39, 0.29) is 45.6 Å².